The topological polar surface area (TPSA) is 47.6 Å². The molecule has 7 heteroatoms. The summed E-state index contributed by atoms with van der Waals surface area (Å²) >= 11 is 0. The van der Waals surface area contributed by atoms with Gasteiger partial charge >= 0.3 is 0 Å². The Kier molecular flexibility index (Phi) is 6.16. The van der Waals surface area contributed by atoms with Crippen LogP contribution in [0.25, 0.3) is 0 Å². The molecule has 0 radical (unpaired) electrons. The maximum absolute atomic E-state index is 13.5. The minimum atomic E-state index is -1.20. The molecule has 0 bridgehead atoms. The second kappa shape index (κ2) is 8.94. The average molecular weight is 387 g/mol. The first-order valence-corrected chi connectivity index (χ1v) is 8.35. The van der Waals surface area contributed by atoms with Crippen molar-refractivity contribution in [2.45, 2.75) is 6.61 Å². The Morgan fingerprint density at radius 1 is 0.821 bits per heavy atom. The smallest absolute Gasteiger partial charge is 0.262 e. The van der Waals surface area contributed by atoms with Gasteiger partial charge < -0.3 is 14.8 Å². The Balaban J connectivity index is 1.50. The summed E-state index contributed by atoms with van der Waals surface area (Å²) in [6, 6.07) is 17.2. The molecule has 0 aliphatic rings. The monoisotopic (exact) mass is 387 g/mol. The van der Waals surface area contributed by atoms with Crippen molar-refractivity contribution in [1.82, 2.24) is 0 Å². The van der Waals surface area contributed by atoms with Crippen LogP contribution in [-0.4, -0.2) is 12.5 Å². The lowest BCUT2D eigenvalue weighted by Gasteiger charge is -2.10. The lowest BCUT2D eigenvalue weighted by Crippen LogP contribution is -2.21. The molecule has 0 fully saturated rings. The number of anilines is 1. The Hall–Kier alpha value is -3.48. The number of carbonyl (C=O) groups excluding carboxylic acids is 1. The van der Waals surface area contributed by atoms with E-state index in [0.717, 1.165) is 5.56 Å². The summed E-state index contributed by atoms with van der Waals surface area (Å²) in [6.07, 6.45) is 0. The minimum absolute atomic E-state index is 0.377. The number of nitrogens with one attached hydrogen (secondary N) is 1. The Labute approximate surface area is 159 Å². The zero-order chi connectivity index (χ0) is 19.9. The van der Waals surface area contributed by atoms with E-state index in [0.29, 0.717) is 30.2 Å². The van der Waals surface area contributed by atoms with Gasteiger partial charge in [0.05, 0.1) is 0 Å². The van der Waals surface area contributed by atoms with Crippen LogP contribution in [0.3, 0.4) is 0 Å². The van der Waals surface area contributed by atoms with Crippen molar-refractivity contribution < 1.29 is 27.4 Å². The Morgan fingerprint density at radius 3 is 2.00 bits per heavy atom. The highest BCUT2D eigenvalue weighted by Gasteiger charge is 2.14. The van der Waals surface area contributed by atoms with Crippen LogP contribution < -0.4 is 14.8 Å². The fourth-order valence-corrected chi connectivity index (χ4v) is 2.36. The van der Waals surface area contributed by atoms with Crippen LogP contribution in [0.15, 0.2) is 66.7 Å². The van der Waals surface area contributed by atoms with Crippen molar-refractivity contribution in [2.24, 2.45) is 0 Å². The minimum Gasteiger partial charge on any atom is -0.489 e. The molecule has 1 amide bonds. The number of benzene rings is 3. The molecule has 0 atom stereocenters. The molecular weight excluding hydrogens is 371 g/mol. The number of hydrogen-bond donors (Lipinski definition) is 1. The third kappa shape index (κ3) is 5.26. The zero-order valence-electron chi connectivity index (χ0n) is 14.6. The molecule has 3 rings (SSSR count). The predicted octanol–water partition coefficient (Wildman–Crippen LogP) is 4.70. The van der Waals surface area contributed by atoms with Gasteiger partial charge in [0.25, 0.3) is 5.91 Å². The van der Waals surface area contributed by atoms with Crippen LogP contribution >= 0.6 is 0 Å². The maximum Gasteiger partial charge on any atom is 0.262 e. The number of halogens is 3. The van der Waals surface area contributed by atoms with Gasteiger partial charge in [0.1, 0.15) is 29.6 Å². The highest BCUT2D eigenvalue weighted by Crippen LogP contribution is 2.21. The molecule has 0 spiro atoms. The van der Waals surface area contributed by atoms with Gasteiger partial charge in [0.2, 0.25) is 0 Å². The average Bonchev–Trinajstić information content (AvgIpc) is 2.69. The van der Waals surface area contributed by atoms with Gasteiger partial charge in [-0.15, -0.1) is 0 Å². The summed E-state index contributed by atoms with van der Waals surface area (Å²) in [5, 5.41) is 2.02. The molecule has 0 saturated carbocycles. The van der Waals surface area contributed by atoms with Crippen molar-refractivity contribution in [1.29, 1.82) is 0 Å². The number of rotatable bonds is 7. The first-order chi connectivity index (χ1) is 13.5. The number of carbonyl (C=O) groups is 1. The third-order valence-electron chi connectivity index (χ3n) is 3.71. The van der Waals surface area contributed by atoms with Crippen LogP contribution in [-0.2, 0) is 11.4 Å². The summed E-state index contributed by atoms with van der Waals surface area (Å²) in [4.78, 5) is 11.8. The van der Waals surface area contributed by atoms with Crippen molar-refractivity contribution in [2.75, 3.05) is 11.9 Å². The zero-order valence-corrected chi connectivity index (χ0v) is 14.6. The quantitative estimate of drug-likeness (QED) is 0.639. The fraction of sp³-hybridized carbons (Fsp3) is 0.0952. The van der Waals surface area contributed by atoms with E-state index in [2.05, 4.69) is 0 Å². The highest BCUT2D eigenvalue weighted by atomic mass is 19.1. The molecule has 0 aliphatic carbocycles. The van der Waals surface area contributed by atoms with Crippen LogP contribution in [0, 0.1) is 17.5 Å². The summed E-state index contributed by atoms with van der Waals surface area (Å²) in [6.45, 7) is -0.0568. The van der Waals surface area contributed by atoms with Crippen molar-refractivity contribution in [3.05, 3.63) is 89.7 Å². The predicted molar refractivity (Wildman–Crippen MR) is 97.7 cm³/mol. The van der Waals surface area contributed by atoms with E-state index in [9.17, 15) is 18.0 Å². The summed E-state index contributed by atoms with van der Waals surface area (Å²) in [7, 11) is 0. The number of amides is 1. The van der Waals surface area contributed by atoms with Crippen LogP contribution in [0.4, 0.5) is 18.9 Å². The van der Waals surface area contributed by atoms with Gasteiger partial charge in [-0.3, -0.25) is 4.79 Å². The van der Waals surface area contributed by atoms with E-state index >= 15 is 0 Å². The molecule has 3 aromatic carbocycles. The number of hydrogen-bond acceptors (Lipinski definition) is 3. The van der Waals surface area contributed by atoms with E-state index < -0.39 is 35.7 Å². The largest absolute Gasteiger partial charge is 0.489 e. The molecule has 0 aromatic heterocycles. The van der Waals surface area contributed by atoms with E-state index in [4.69, 9.17) is 9.47 Å². The summed E-state index contributed by atoms with van der Waals surface area (Å²) in [5.74, 6) is -3.26. The second-order valence-electron chi connectivity index (χ2n) is 5.83. The Morgan fingerprint density at radius 2 is 1.39 bits per heavy atom. The Bertz CT molecular complexity index is 924. The van der Waals surface area contributed by atoms with Crippen LogP contribution in [0.5, 0.6) is 11.5 Å². The molecule has 144 valence electrons. The number of ether oxygens (including phenoxy) is 2. The molecule has 0 saturated heterocycles. The van der Waals surface area contributed by atoms with Crippen LogP contribution in [0.1, 0.15) is 5.56 Å². The van der Waals surface area contributed by atoms with E-state index in [1.165, 1.54) is 0 Å². The van der Waals surface area contributed by atoms with Gasteiger partial charge in [-0.1, -0.05) is 30.3 Å². The summed E-state index contributed by atoms with van der Waals surface area (Å²) in [5.41, 5.74) is 0.305. The maximum atomic E-state index is 13.5. The third-order valence-corrected chi connectivity index (χ3v) is 3.71. The lowest BCUT2D eigenvalue weighted by molar-refractivity contribution is -0.118. The molecule has 28 heavy (non-hydrogen) atoms. The van der Waals surface area contributed by atoms with Gasteiger partial charge in [0, 0.05) is 12.1 Å². The van der Waals surface area contributed by atoms with E-state index in [1.807, 2.05) is 35.6 Å². The van der Waals surface area contributed by atoms with Gasteiger partial charge in [0.15, 0.2) is 18.2 Å². The van der Waals surface area contributed by atoms with E-state index in [1.54, 1.807) is 24.3 Å². The first kappa shape index (κ1) is 19.3. The molecule has 4 nitrogen and oxygen atoms in total. The van der Waals surface area contributed by atoms with Crippen LogP contribution in [0.2, 0.25) is 0 Å². The normalized spacial score (nSPS) is 10.4. The molecule has 0 unspecified atom stereocenters. The molecule has 1 N–H and O–H groups in total. The molecule has 0 aliphatic heterocycles. The molecule has 3 aromatic rings. The van der Waals surface area contributed by atoms with Gasteiger partial charge in [-0.25, -0.2) is 13.2 Å². The van der Waals surface area contributed by atoms with Crippen molar-refractivity contribution in [3.8, 4) is 11.5 Å². The fourth-order valence-electron chi connectivity index (χ4n) is 2.36. The van der Waals surface area contributed by atoms with Gasteiger partial charge in [-0.05, 0) is 29.8 Å². The van der Waals surface area contributed by atoms with Crippen molar-refractivity contribution in [3.63, 3.8) is 0 Å². The highest BCUT2D eigenvalue weighted by molar-refractivity contribution is 5.92. The molecular formula is C21H16F3NO3. The lowest BCUT2D eigenvalue weighted by atomic mass is 10.2. The van der Waals surface area contributed by atoms with Crippen molar-refractivity contribution >= 4 is 11.6 Å². The summed E-state index contributed by atoms with van der Waals surface area (Å²) < 4.78 is 50.8. The molecule has 0 heterocycles. The SMILES string of the molecule is O=C(COc1ccc(OCc2ccccc2)cc1)Nc1c(F)cc(F)cc1F. The first-order valence-electron chi connectivity index (χ1n) is 8.35. The standard InChI is InChI=1S/C21H16F3NO3/c22-15-10-18(23)21(19(24)11-15)25-20(26)13-28-17-8-6-16(7-9-17)27-12-14-4-2-1-3-5-14/h1-11H,12-13H2,(H,25,26). The second-order valence-corrected chi connectivity index (χ2v) is 5.83. The van der Waals surface area contributed by atoms with Gasteiger partial charge in [-0.2, -0.15) is 0 Å². The van der Waals surface area contributed by atoms with E-state index in [-0.39, 0.29) is 0 Å².